The Morgan fingerprint density at radius 3 is 2.47 bits per heavy atom. The first-order chi connectivity index (χ1) is 8.86. The molecule has 4 nitrogen and oxygen atoms in total. The molecule has 0 radical (unpaired) electrons. The van der Waals surface area contributed by atoms with Gasteiger partial charge in [-0.3, -0.25) is 4.98 Å². The molecule has 0 spiro atoms. The van der Waals surface area contributed by atoms with Crippen molar-refractivity contribution < 1.29 is 14.0 Å². The monoisotopic (exact) mass is 261 g/mol. The number of nitrogens with zero attached hydrogens (tertiary/aromatic N) is 1. The maximum Gasteiger partial charge on any atom is 0.496 e. The predicted molar refractivity (Wildman–Crippen MR) is 75.6 cm³/mol. The second-order valence-electron chi connectivity index (χ2n) is 5.64. The Kier molecular flexibility index (Phi) is 3.70. The van der Waals surface area contributed by atoms with Gasteiger partial charge >= 0.3 is 7.12 Å². The summed E-state index contributed by atoms with van der Waals surface area (Å²) < 4.78 is 17.4. The first-order valence-electron chi connectivity index (χ1n) is 6.40. The van der Waals surface area contributed by atoms with Crippen molar-refractivity contribution in [1.82, 2.24) is 4.98 Å². The summed E-state index contributed by atoms with van der Waals surface area (Å²) in [5.41, 5.74) is 0.158. The van der Waals surface area contributed by atoms with E-state index in [9.17, 15) is 0 Å². The van der Waals surface area contributed by atoms with Crippen LogP contribution in [0.25, 0.3) is 0 Å². The molecule has 0 aromatic carbocycles. The molecule has 2 rings (SSSR count). The molecule has 2 heterocycles. The van der Waals surface area contributed by atoms with Crippen molar-refractivity contribution in [3.63, 3.8) is 0 Å². The van der Waals surface area contributed by atoms with Crippen LogP contribution in [0.2, 0.25) is 0 Å². The first kappa shape index (κ1) is 14.1. The molecule has 0 unspecified atom stereocenters. The summed E-state index contributed by atoms with van der Waals surface area (Å²) in [7, 11) is -0.412. The molecule has 1 aliphatic rings. The van der Waals surface area contributed by atoms with E-state index < -0.39 is 7.12 Å². The molecule has 1 aromatic rings. The van der Waals surface area contributed by atoms with Crippen LogP contribution in [0.5, 0.6) is 5.75 Å². The van der Waals surface area contributed by atoms with E-state index in [-0.39, 0.29) is 11.2 Å². The Morgan fingerprint density at radius 1 is 1.26 bits per heavy atom. The highest BCUT2D eigenvalue weighted by molar-refractivity contribution is 6.62. The van der Waals surface area contributed by atoms with E-state index in [2.05, 4.69) is 11.6 Å². The summed E-state index contributed by atoms with van der Waals surface area (Å²) in [5, 5.41) is 0. The summed E-state index contributed by atoms with van der Waals surface area (Å²) in [6.45, 7) is 12.2. The van der Waals surface area contributed by atoms with Gasteiger partial charge in [-0.05, 0) is 33.8 Å². The molecule has 102 valence electrons. The number of hydrogen-bond acceptors (Lipinski definition) is 4. The van der Waals surface area contributed by atoms with E-state index in [4.69, 9.17) is 14.0 Å². The molecule has 0 aliphatic carbocycles. The van der Waals surface area contributed by atoms with Crippen molar-refractivity contribution in [2.45, 2.75) is 38.9 Å². The van der Waals surface area contributed by atoms with Gasteiger partial charge in [-0.25, -0.2) is 0 Å². The molecule has 1 saturated heterocycles. The maximum atomic E-state index is 5.97. The van der Waals surface area contributed by atoms with Crippen molar-refractivity contribution >= 4 is 12.6 Å². The number of hydrogen-bond donors (Lipinski definition) is 0. The zero-order valence-corrected chi connectivity index (χ0v) is 12.0. The lowest BCUT2D eigenvalue weighted by molar-refractivity contribution is 0.00578. The largest absolute Gasteiger partial charge is 0.496 e. The molecule has 0 atom stereocenters. The molecule has 1 aliphatic heterocycles. The Morgan fingerprint density at radius 2 is 1.89 bits per heavy atom. The molecule has 1 aromatic heterocycles. The van der Waals surface area contributed by atoms with Gasteiger partial charge < -0.3 is 14.0 Å². The molecule has 5 heteroatoms. The van der Waals surface area contributed by atoms with Crippen LogP contribution in [0.1, 0.15) is 27.7 Å². The van der Waals surface area contributed by atoms with Crippen LogP contribution in [-0.4, -0.2) is 29.9 Å². The van der Waals surface area contributed by atoms with Crippen LogP contribution < -0.4 is 10.2 Å². The summed E-state index contributed by atoms with van der Waals surface area (Å²) >= 11 is 0. The van der Waals surface area contributed by atoms with E-state index >= 15 is 0 Å². The fourth-order valence-electron chi connectivity index (χ4n) is 1.78. The van der Waals surface area contributed by atoms with Gasteiger partial charge in [0.15, 0.2) is 0 Å². The average Bonchev–Trinajstić information content (AvgIpc) is 2.56. The van der Waals surface area contributed by atoms with Crippen LogP contribution in [0.3, 0.4) is 0 Å². The van der Waals surface area contributed by atoms with Gasteiger partial charge in [-0.2, -0.15) is 0 Å². The zero-order chi connectivity index (χ0) is 14.1. The SMILES string of the molecule is C=CCOc1cncc(B2OC(C)(C)C(C)(C)O2)c1. The van der Waals surface area contributed by atoms with Crippen molar-refractivity contribution in [3.8, 4) is 5.75 Å². The van der Waals surface area contributed by atoms with Crippen LogP contribution in [0, 0.1) is 0 Å². The van der Waals surface area contributed by atoms with Crippen LogP contribution in [0.4, 0.5) is 0 Å². The first-order valence-corrected chi connectivity index (χ1v) is 6.40. The maximum absolute atomic E-state index is 5.97. The van der Waals surface area contributed by atoms with Gasteiger partial charge in [0.25, 0.3) is 0 Å². The van der Waals surface area contributed by atoms with Crippen molar-refractivity contribution in [2.24, 2.45) is 0 Å². The highest BCUT2D eigenvalue weighted by Crippen LogP contribution is 2.36. The number of rotatable bonds is 4. The van der Waals surface area contributed by atoms with Gasteiger partial charge in [-0.15, -0.1) is 0 Å². The summed E-state index contributed by atoms with van der Waals surface area (Å²) in [6.07, 6.45) is 5.10. The van der Waals surface area contributed by atoms with Crippen LogP contribution in [0.15, 0.2) is 31.1 Å². The standard InChI is InChI=1S/C14H20BNO3/c1-6-7-17-12-8-11(9-16-10-12)15-18-13(2,3)14(4,5)19-15/h6,8-10H,1,7H2,2-5H3. The number of ether oxygens (including phenoxy) is 1. The Hall–Kier alpha value is -1.33. The van der Waals surface area contributed by atoms with Gasteiger partial charge in [-0.1, -0.05) is 12.7 Å². The fourth-order valence-corrected chi connectivity index (χ4v) is 1.78. The minimum absolute atomic E-state index is 0.352. The van der Waals surface area contributed by atoms with E-state index in [1.165, 1.54) is 0 Å². The topological polar surface area (TPSA) is 40.6 Å². The Labute approximate surface area is 114 Å². The second kappa shape index (κ2) is 4.98. The molecular weight excluding hydrogens is 241 g/mol. The zero-order valence-electron chi connectivity index (χ0n) is 12.0. The minimum Gasteiger partial charge on any atom is -0.488 e. The predicted octanol–water partition coefficient (Wildman–Crippen LogP) is 1.95. The Balaban J connectivity index is 2.17. The highest BCUT2D eigenvalue weighted by atomic mass is 16.7. The van der Waals surface area contributed by atoms with E-state index in [1.807, 2.05) is 33.8 Å². The molecule has 0 bridgehead atoms. The van der Waals surface area contributed by atoms with E-state index in [0.29, 0.717) is 12.4 Å². The second-order valence-corrected chi connectivity index (χ2v) is 5.64. The lowest BCUT2D eigenvalue weighted by Crippen LogP contribution is -2.41. The third-order valence-corrected chi connectivity index (χ3v) is 3.63. The molecule has 19 heavy (non-hydrogen) atoms. The quantitative estimate of drug-likeness (QED) is 0.613. The normalized spacial score (nSPS) is 20.3. The molecule has 0 amide bonds. The summed E-state index contributed by atoms with van der Waals surface area (Å²) in [6, 6.07) is 1.89. The third kappa shape index (κ3) is 2.82. The smallest absolute Gasteiger partial charge is 0.488 e. The lowest BCUT2D eigenvalue weighted by atomic mass is 9.80. The van der Waals surface area contributed by atoms with Crippen LogP contribution >= 0.6 is 0 Å². The molecule has 0 saturated carbocycles. The summed E-state index contributed by atoms with van der Waals surface area (Å²) in [4.78, 5) is 4.16. The van der Waals surface area contributed by atoms with Gasteiger partial charge in [0.1, 0.15) is 12.4 Å². The van der Waals surface area contributed by atoms with Crippen molar-refractivity contribution in [3.05, 3.63) is 31.1 Å². The number of pyridine rings is 1. The molecule has 1 fully saturated rings. The highest BCUT2D eigenvalue weighted by Gasteiger charge is 2.51. The number of aromatic nitrogens is 1. The summed E-state index contributed by atoms with van der Waals surface area (Å²) in [5.74, 6) is 0.687. The van der Waals surface area contributed by atoms with Gasteiger partial charge in [0, 0.05) is 11.7 Å². The molecular formula is C14H20BNO3. The average molecular weight is 261 g/mol. The molecule has 0 N–H and O–H groups in total. The fraction of sp³-hybridized carbons (Fsp3) is 0.500. The van der Waals surface area contributed by atoms with Crippen LogP contribution in [-0.2, 0) is 9.31 Å². The Bertz CT molecular complexity index is 458. The minimum atomic E-state index is -0.412. The lowest BCUT2D eigenvalue weighted by Gasteiger charge is -2.32. The van der Waals surface area contributed by atoms with Gasteiger partial charge in [0.2, 0.25) is 0 Å². The van der Waals surface area contributed by atoms with Gasteiger partial charge in [0.05, 0.1) is 17.4 Å². The van der Waals surface area contributed by atoms with E-state index in [0.717, 1.165) is 5.46 Å². The third-order valence-electron chi connectivity index (χ3n) is 3.63. The van der Waals surface area contributed by atoms with E-state index in [1.54, 1.807) is 18.5 Å². The van der Waals surface area contributed by atoms with Crippen molar-refractivity contribution in [1.29, 1.82) is 0 Å². The van der Waals surface area contributed by atoms with Crippen molar-refractivity contribution in [2.75, 3.05) is 6.61 Å².